The van der Waals surface area contributed by atoms with Crippen molar-refractivity contribution in [1.82, 2.24) is 10.6 Å². The molecule has 1 saturated heterocycles. The van der Waals surface area contributed by atoms with Crippen molar-refractivity contribution in [1.29, 1.82) is 0 Å². The molecule has 1 heterocycles. The molecule has 2 N–H and O–H groups in total. The molecular weight excluding hydrogens is 224 g/mol. The molecule has 0 radical (unpaired) electrons. The van der Waals surface area contributed by atoms with Crippen LogP contribution in [0.15, 0.2) is 18.2 Å². The Kier molecular flexibility index (Phi) is 5.02. The molecule has 2 rings (SSSR count). The molecular formula is C15H24N2O. The van der Waals surface area contributed by atoms with Gasteiger partial charge in [0.25, 0.3) is 0 Å². The van der Waals surface area contributed by atoms with Crippen molar-refractivity contribution in [3.8, 4) is 5.75 Å². The average molecular weight is 248 g/mol. The van der Waals surface area contributed by atoms with Crippen molar-refractivity contribution < 1.29 is 4.74 Å². The van der Waals surface area contributed by atoms with Crippen LogP contribution in [0.25, 0.3) is 0 Å². The Bertz CT molecular complexity index is 373. The number of nitrogens with one attached hydrogen (secondary N) is 2. The normalized spacial score (nSPS) is 19.1. The van der Waals surface area contributed by atoms with E-state index >= 15 is 0 Å². The summed E-state index contributed by atoms with van der Waals surface area (Å²) in [5.41, 5.74) is 2.63. The van der Waals surface area contributed by atoms with Gasteiger partial charge in [0.15, 0.2) is 0 Å². The molecule has 1 aromatic rings. The van der Waals surface area contributed by atoms with Crippen LogP contribution in [-0.2, 0) is 13.0 Å². The molecule has 0 spiro atoms. The lowest BCUT2D eigenvalue weighted by Gasteiger charge is -2.13. The first-order chi connectivity index (χ1) is 8.83. The Labute approximate surface area is 110 Å². The first-order valence-corrected chi connectivity index (χ1v) is 6.93. The minimum atomic E-state index is 0.661. The monoisotopic (exact) mass is 248 g/mol. The number of hydrogen-bond donors (Lipinski definition) is 2. The van der Waals surface area contributed by atoms with E-state index in [0.717, 1.165) is 25.3 Å². The first-order valence-electron chi connectivity index (χ1n) is 6.93. The van der Waals surface area contributed by atoms with E-state index in [-0.39, 0.29) is 0 Å². The second-order valence-electron chi connectivity index (χ2n) is 4.92. The highest BCUT2D eigenvalue weighted by Crippen LogP contribution is 2.20. The lowest BCUT2D eigenvalue weighted by atomic mass is 10.1. The van der Waals surface area contributed by atoms with Crippen LogP contribution in [0.1, 0.15) is 30.9 Å². The third-order valence-corrected chi connectivity index (χ3v) is 3.61. The summed E-state index contributed by atoms with van der Waals surface area (Å²) >= 11 is 0. The molecule has 3 heteroatoms. The van der Waals surface area contributed by atoms with Crippen LogP contribution in [0.5, 0.6) is 5.75 Å². The molecule has 100 valence electrons. The topological polar surface area (TPSA) is 33.3 Å². The number of rotatable bonds is 6. The van der Waals surface area contributed by atoms with Gasteiger partial charge in [0, 0.05) is 19.1 Å². The fourth-order valence-corrected chi connectivity index (χ4v) is 2.54. The number of hydrogen-bond acceptors (Lipinski definition) is 3. The van der Waals surface area contributed by atoms with E-state index in [1.165, 1.54) is 30.5 Å². The maximum Gasteiger partial charge on any atom is 0.122 e. The quantitative estimate of drug-likeness (QED) is 0.809. The lowest BCUT2D eigenvalue weighted by molar-refractivity contribution is 0.410. The Balaban J connectivity index is 1.84. The van der Waals surface area contributed by atoms with Gasteiger partial charge in [-0.05, 0) is 43.0 Å². The smallest absolute Gasteiger partial charge is 0.122 e. The minimum absolute atomic E-state index is 0.661. The zero-order valence-electron chi connectivity index (χ0n) is 11.5. The molecule has 0 aromatic heterocycles. The highest BCUT2D eigenvalue weighted by atomic mass is 16.5. The van der Waals surface area contributed by atoms with E-state index in [1.54, 1.807) is 7.11 Å². The molecule has 1 fully saturated rings. The fourth-order valence-electron chi connectivity index (χ4n) is 2.54. The molecule has 3 nitrogen and oxygen atoms in total. The second-order valence-corrected chi connectivity index (χ2v) is 4.92. The van der Waals surface area contributed by atoms with E-state index in [0.29, 0.717) is 6.04 Å². The molecule has 1 atom stereocenters. The van der Waals surface area contributed by atoms with Gasteiger partial charge in [0.2, 0.25) is 0 Å². The van der Waals surface area contributed by atoms with Crippen LogP contribution in [0.3, 0.4) is 0 Å². The van der Waals surface area contributed by atoms with Gasteiger partial charge in [0.1, 0.15) is 5.75 Å². The van der Waals surface area contributed by atoms with E-state index in [4.69, 9.17) is 4.74 Å². The summed E-state index contributed by atoms with van der Waals surface area (Å²) in [6.07, 6.45) is 3.63. The predicted molar refractivity (Wildman–Crippen MR) is 75.1 cm³/mol. The third-order valence-electron chi connectivity index (χ3n) is 3.61. The molecule has 0 amide bonds. The maximum atomic E-state index is 5.35. The van der Waals surface area contributed by atoms with Gasteiger partial charge < -0.3 is 15.4 Å². The maximum absolute atomic E-state index is 5.35. The Morgan fingerprint density at radius 1 is 1.44 bits per heavy atom. The molecule has 1 aromatic carbocycles. The Hall–Kier alpha value is -1.06. The molecule has 18 heavy (non-hydrogen) atoms. The molecule has 1 unspecified atom stereocenters. The van der Waals surface area contributed by atoms with Gasteiger partial charge in [-0.3, -0.25) is 0 Å². The molecule has 0 bridgehead atoms. The Morgan fingerprint density at radius 2 is 2.33 bits per heavy atom. The summed E-state index contributed by atoms with van der Waals surface area (Å²) in [5, 5.41) is 7.03. The van der Waals surface area contributed by atoms with Crippen LogP contribution < -0.4 is 15.4 Å². The van der Waals surface area contributed by atoms with E-state index in [9.17, 15) is 0 Å². The first kappa shape index (κ1) is 13.4. The zero-order valence-corrected chi connectivity index (χ0v) is 11.5. The van der Waals surface area contributed by atoms with E-state index in [1.807, 2.05) is 0 Å². The summed E-state index contributed by atoms with van der Waals surface area (Å²) in [5.74, 6) is 0.999. The van der Waals surface area contributed by atoms with Crippen LogP contribution in [0.4, 0.5) is 0 Å². The van der Waals surface area contributed by atoms with Gasteiger partial charge in [-0.15, -0.1) is 0 Å². The number of ether oxygens (including phenoxy) is 1. The third kappa shape index (κ3) is 3.47. The summed E-state index contributed by atoms with van der Waals surface area (Å²) in [6, 6.07) is 7.12. The van der Waals surface area contributed by atoms with Crippen molar-refractivity contribution in [3.63, 3.8) is 0 Å². The van der Waals surface area contributed by atoms with Crippen molar-refractivity contribution in [2.75, 3.05) is 20.2 Å². The number of aryl methyl sites for hydroxylation is 1. The van der Waals surface area contributed by atoms with Gasteiger partial charge in [0.05, 0.1) is 7.11 Å². The average Bonchev–Trinajstić information content (AvgIpc) is 2.91. The fraction of sp³-hybridized carbons (Fsp3) is 0.600. The molecule has 1 aliphatic rings. The number of methoxy groups -OCH3 is 1. The van der Waals surface area contributed by atoms with E-state index < -0.39 is 0 Å². The van der Waals surface area contributed by atoms with Crippen LogP contribution in [-0.4, -0.2) is 26.2 Å². The highest BCUT2D eigenvalue weighted by molar-refractivity contribution is 5.37. The van der Waals surface area contributed by atoms with Crippen LogP contribution in [0, 0.1) is 0 Å². The van der Waals surface area contributed by atoms with Crippen LogP contribution >= 0.6 is 0 Å². The van der Waals surface area contributed by atoms with Gasteiger partial charge in [-0.1, -0.05) is 19.1 Å². The summed E-state index contributed by atoms with van der Waals surface area (Å²) < 4.78 is 5.35. The van der Waals surface area contributed by atoms with Gasteiger partial charge in [-0.2, -0.15) is 0 Å². The Morgan fingerprint density at radius 3 is 3.00 bits per heavy atom. The standard InChI is InChI=1S/C15H24N2O/c1-3-13-9-12(6-7-15(13)18-2)10-16-11-14-5-4-8-17-14/h6-7,9,14,16-17H,3-5,8,10-11H2,1-2H3. The molecule has 1 aliphatic heterocycles. The molecule has 0 aliphatic carbocycles. The zero-order chi connectivity index (χ0) is 12.8. The highest BCUT2D eigenvalue weighted by Gasteiger charge is 2.12. The predicted octanol–water partition coefficient (Wildman–Crippen LogP) is 2.10. The van der Waals surface area contributed by atoms with Gasteiger partial charge >= 0.3 is 0 Å². The summed E-state index contributed by atoms with van der Waals surface area (Å²) in [7, 11) is 1.73. The number of benzene rings is 1. The molecule has 0 saturated carbocycles. The lowest BCUT2D eigenvalue weighted by Crippen LogP contribution is -2.33. The minimum Gasteiger partial charge on any atom is -0.496 e. The van der Waals surface area contributed by atoms with Crippen molar-refractivity contribution >= 4 is 0 Å². The summed E-state index contributed by atoms with van der Waals surface area (Å²) in [6.45, 7) is 5.34. The van der Waals surface area contributed by atoms with Crippen molar-refractivity contribution in [2.45, 2.75) is 38.8 Å². The largest absolute Gasteiger partial charge is 0.496 e. The SMILES string of the molecule is CCc1cc(CNCC2CCCN2)ccc1OC. The van der Waals surface area contributed by atoms with E-state index in [2.05, 4.69) is 35.8 Å². The van der Waals surface area contributed by atoms with Crippen molar-refractivity contribution in [3.05, 3.63) is 29.3 Å². The second kappa shape index (κ2) is 6.76. The summed E-state index contributed by atoms with van der Waals surface area (Å²) in [4.78, 5) is 0. The van der Waals surface area contributed by atoms with Gasteiger partial charge in [-0.25, -0.2) is 0 Å². The van der Waals surface area contributed by atoms with Crippen molar-refractivity contribution in [2.24, 2.45) is 0 Å². The van der Waals surface area contributed by atoms with Crippen LogP contribution in [0.2, 0.25) is 0 Å².